The Hall–Kier alpha value is -1.09. The molecule has 1 aliphatic heterocycles. The Labute approximate surface area is 112 Å². The Morgan fingerprint density at radius 2 is 2.37 bits per heavy atom. The van der Waals surface area contributed by atoms with Gasteiger partial charge in [-0.15, -0.1) is 0 Å². The van der Waals surface area contributed by atoms with Crippen LogP contribution in [0.3, 0.4) is 0 Å². The second-order valence-corrected chi connectivity index (χ2v) is 6.25. The zero-order chi connectivity index (χ0) is 13.7. The maximum Gasteiger partial charge on any atom is 0.208 e. The van der Waals surface area contributed by atoms with Crippen molar-refractivity contribution in [3.05, 3.63) is 23.8 Å². The molecule has 2 rings (SSSR count). The molecule has 0 amide bonds. The molecule has 7 nitrogen and oxygen atoms in total. The molecule has 1 atom stereocenters. The first-order valence-corrected chi connectivity index (χ1v) is 8.01. The third-order valence-electron chi connectivity index (χ3n) is 2.71. The number of aromatic nitrogens is 2. The van der Waals surface area contributed by atoms with Crippen LogP contribution in [-0.2, 0) is 21.2 Å². The minimum atomic E-state index is -3.16. The summed E-state index contributed by atoms with van der Waals surface area (Å²) in [6, 6.07) is 0. The lowest BCUT2D eigenvalue weighted by molar-refractivity contribution is 0.0247. The van der Waals surface area contributed by atoms with Gasteiger partial charge in [-0.25, -0.2) is 13.1 Å². The lowest BCUT2D eigenvalue weighted by Crippen LogP contribution is -2.34. The highest BCUT2D eigenvalue weighted by Crippen LogP contribution is 2.15. The fourth-order valence-electron chi connectivity index (χ4n) is 1.82. The summed E-state index contributed by atoms with van der Waals surface area (Å²) >= 11 is 0. The highest BCUT2D eigenvalue weighted by Gasteiger charge is 2.17. The minimum absolute atomic E-state index is 0.0796. The number of nitrogens with one attached hydrogen (secondary N) is 2. The van der Waals surface area contributed by atoms with Gasteiger partial charge in [0.2, 0.25) is 10.0 Å². The van der Waals surface area contributed by atoms with Gasteiger partial charge in [-0.3, -0.25) is 9.97 Å². The van der Waals surface area contributed by atoms with E-state index in [2.05, 4.69) is 20.0 Å². The van der Waals surface area contributed by atoms with Gasteiger partial charge in [-0.05, 0) is 0 Å². The van der Waals surface area contributed by atoms with E-state index in [0.29, 0.717) is 19.6 Å². The van der Waals surface area contributed by atoms with Crippen LogP contribution in [0.15, 0.2) is 12.4 Å². The SMILES string of the molecule is CS(=O)(=O)NCCc1cncc([C@H]2CNCCO2)n1. The molecule has 8 heteroatoms. The molecule has 1 aliphatic rings. The second-order valence-electron chi connectivity index (χ2n) is 4.42. The van der Waals surface area contributed by atoms with Crippen molar-refractivity contribution in [2.75, 3.05) is 32.5 Å². The first kappa shape index (κ1) is 14.3. The van der Waals surface area contributed by atoms with Gasteiger partial charge < -0.3 is 10.1 Å². The van der Waals surface area contributed by atoms with Crippen LogP contribution in [0.25, 0.3) is 0 Å². The summed E-state index contributed by atoms with van der Waals surface area (Å²) in [4.78, 5) is 8.58. The zero-order valence-electron chi connectivity index (χ0n) is 10.8. The number of morpholine rings is 1. The Bertz CT molecular complexity index is 514. The standard InChI is InChI=1S/C11H18N4O3S/c1-19(16,17)14-3-2-9-6-13-7-10(15-9)11-8-12-4-5-18-11/h6-7,11-12,14H,2-5,8H2,1H3/t11-/m1/s1. The van der Waals surface area contributed by atoms with Crippen LogP contribution in [0.2, 0.25) is 0 Å². The lowest BCUT2D eigenvalue weighted by Gasteiger charge is -2.23. The molecule has 0 unspecified atom stereocenters. The molecular formula is C11H18N4O3S. The molecule has 0 bridgehead atoms. The molecule has 0 saturated carbocycles. The summed E-state index contributed by atoms with van der Waals surface area (Å²) < 4.78 is 30.0. The molecule has 106 valence electrons. The van der Waals surface area contributed by atoms with Crippen LogP contribution in [0.4, 0.5) is 0 Å². The average molecular weight is 286 g/mol. The van der Waals surface area contributed by atoms with Crippen LogP contribution in [-0.4, -0.2) is 50.9 Å². The van der Waals surface area contributed by atoms with Gasteiger partial charge in [-0.2, -0.15) is 0 Å². The number of hydrogen-bond donors (Lipinski definition) is 2. The molecule has 0 radical (unpaired) electrons. The topological polar surface area (TPSA) is 93.2 Å². The van der Waals surface area contributed by atoms with Crippen molar-refractivity contribution in [2.24, 2.45) is 0 Å². The van der Waals surface area contributed by atoms with Gasteiger partial charge >= 0.3 is 0 Å². The Morgan fingerprint density at radius 3 is 3.05 bits per heavy atom. The number of hydrogen-bond acceptors (Lipinski definition) is 6. The van der Waals surface area contributed by atoms with Crippen LogP contribution < -0.4 is 10.0 Å². The van der Waals surface area contributed by atoms with E-state index in [-0.39, 0.29) is 6.10 Å². The molecule has 1 aromatic rings. The predicted molar refractivity (Wildman–Crippen MR) is 70.1 cm³/mol. The van der Waals surface area contributed by atoms with E-state index in [9.17, 15) is 8.42 Å². The highest BCUT2D eigenvalue weighted by atomic mass is 32.2. The van der Waals surface area contributed by atoms with Gasteiger partial charge in [0.1, 0.15) is 6.10 Å². The van der Waals surface area contributed by atoms with Gasteiger partial charge in [0.05, 0.1) is 30.4 Å². The number of nitrogens with zero attached hydrogens (tertiary/aromatic N) is 2. The second kappa shape index (κ2) is 6.38. The molecule has 19 heavy (non-hydrogen) atoms. The van der Waals surface area contributed by atoms with E-state index in [0.717, 1.165) is 30.7 Å². The third-order valence-corrected chi connectivity index (χ3v) is 3.43. The van der Waals surface area contributed by atoms with E-state index in [1.54, 1.807) is 12.4 Å². The molecule has 0 aromatic carbocycles. The van der Waals surface area contributed by atoms with Crippen molar-refractivity contribution >= 4 is 10.0 Å². The van der Waals surface area contributed by atoms with Crippen molar-refractivity contribution in [1.82, 2.24) is 20.0 Å². The molecule has 0 spiro atoms. The largest absolute Gasteiger partial charge is 0.369 e. The van der Waals surface area contributed by atoms with E-state index in [1.165, 1.54) is 0 Å². The normalized spacial score (nSPS) is 20.4. The fourth-order valence-corrected chi connectivity index (χ4v) is 2.29. The Kier molecular flexibility index (Phi) is 4.81. The van der Waals surface area contributed by atoms with E-state index in [1.807, 2.05) is 0 Å². The smallest absolute Gasteiger partial charge is 0.208 e. The third kappa shape index (κ3) is 4.83. The summed E-state index contributed by atoms with van der Waals surface area (Å²) in [6.45, 7) is 2.55. The van der Waals surface area contributed by atoms with Crippen molar-refractivity contribution in [3.63, 3.8) is 0 Å². The molecular weight excluding hydrogens is 268 g/mol. The van der Waals surface area contributed by atoms with Crippen molar-refractivity contribution in [1.29, 1.82) is 0 Å². The molecule has 2 heterocycles. The predicted octanol–water partition coefficient (Wildman–Crippen LogP) is -0.771. The summed E-state index contributed by atoms with van der Waals surface area (Å²) in [7, 11) is -3.16. The van der Waals surface area contributed by atoms with E-state index >= 15 is 0 Å². The van der Waals surface area contributed by atoms with Crippen molar-refractivity contribution in [3.8, 4) is 0 Å². The number of rotatable bonds is 5. The molecule has 1 aromatic heterocycles. The average Bonchev–Trinajstić information content (AvgIpc) is 2.39. The fraction of sp³-hybridized carbons (Fsp3) is 0.636. The van der Waals surface area contributed by atoms with E-state index in [4.69, 9.17) is 4.74 Å². The van der Waals surface area contributed by atoms with Crippen LogP contribution in [0, 0.1) is 0 Å². The van der Waals surface area contributed by atoms with Gasteiger partial charge in [0, 0.05) is 32.3 Å². The minimum Gasteiger partial charge on any atom is -0.369 e. The van der Waals surface area contributed by atoms with E-state index < -0.39 is 10.0 Å². The zero-order valence-corrected chi connectivity index (χ0v) is 11.6. The summed E-state index contributed by atoms with van der Waals surface area (Å²) in [6.07, 6.45) is 4.89. The van der Waals surface area contributed by atoms with Crippen LogP contribution in [0.1, 0.15) is 17.5 Å². The maximum atomic E-state index is 11.0. The summed E-state index contributed by atoms with van der Waals surface area (Å²) in [5.41, 5.74) is 1.53. The Balaban J connectivity index is 1.94. The van der Waals surface area contributed by atoms with Crippen LogP contribution >= 0.6 is 0 Å². The Morgan fingerprint density at radius 1 is 1.53 bits per heavy atom. The highest BCUT2D eigenvalue weighted by molar-refractivity contribution is 7.88. The molecule has 1 saturated heterocycles. The molecule has 0 aliphatic carbocycles. The van der Waals surface area contributed by atoms with Gasteiger partial charge in [0.25, 0.3) is 0 Å². The van der Waals surface area contributed by atoms with Crippen LogP contribution in [0.5, 0.6) is 0 Å². The summed E-state index contributed by atoms with van der Waals surface area (Å²) in [5, 5.41) is 3.23. The number of sulfonamides is 1. The quantitative estimate of drug-likeness (QED) is 0.738. The van der Waals surface area contributed by atoms with Crippen molar-refractivity contribution < 1.29 is 13.2 Å². The monoisotopic (exact) mass is 286 g/mol. The summed E-state index contributed by atoms with van der Waals surface area (Å²) in [5.74, 6) is 0. The van der Waals surface area contributed by atoms with Crippen molar-refractivity contribution in [2.45, 2.75) is 12.5 Å². The molecule has 2 N–H and O–H groups in total. The maximum absolute atomic E-state index is 11.0. The number of ether oxygens (including phenoxy) is 1. The first-order valence-electron chi connectivity index (χ1n) is 6.12. The first-order chi connectivity index (χ1) is 9.04. The van der Waals surface area contributed by atoms with Gasteiger partial charge in [0.15, 0.2) is 0 Å². The lowest BCUT2D eigenvalue weighted by atomic mass is 10.2. The molecule has 1 fully saturated rings. The van der Waals surface area contributed by atoms with Gasteiger partial charge in [-0.1, -0.05) is 0 Å².